The molecule has 3 aromatic rings. The average Bonchev–Trinajstić information content (AvgIpc) is 3.21. The van der Waals surface area contributed by atoms with Gasteiger partial charge in [-0.3, -0.25) is 9.78 Å². The maximum atomic E-state index is 14.5. The van der Waals surface area contributed by atoms with Crippen molar-refractivity contribution in [1.82, 2.24) is 9.97 Å². The van der Waals surface area contributed by atoms with Gasteiger partial charge in [-0.2, -0.15) is 0 Å². The second-order valence-electron chi connectivity index (χ2n) is 7.81. The summed E-state index contributed by atoms with van der Waals surface area (Å²) in [5.41, 5.74) is 1.64. The van der Waals surface area contributed by atoms with Gasteiger partial charge in [-0.15, -0.1) is 0 Å². The number of aryl methyl sites for hydroxylation is 1. The molecule has 10 heteroatoms. The molecule has 0 spiro atoms. The Labute approximate surface area is 178 Å². The summed E-state index contributed by atoms with van der Waals surface area (Å²) in [6.07, 6.45) is 5.20. The molecule has 2 aromatic heterocycles. The van der Waals surface area contributed by atoms with Gasteiger partial charge in [0.25, 0.3) is 0 Å². The van der Waals surface area contributed by atoms with Crippen LogP contribution in [0.2, 0.25) is 0 Å². The maximum Gasteiger partial charge on any atom is 0.306 e. The molecule has 4 rings (SSSR count). The van der Waals surface area contributed by atoms with Crippen LogP contribution in [-0.2, 0) is 21.1 Å². The predicted molar refractivity (Wildman–Crippen MR) is 113 cm³/mol. The minimum atomic E-state index is -3.17. The molecule has 0 aliphatic carbocycles. The molecule has 1 aliphatic heterocycles. The second-order valence-corrected chi connectivity index (χ2v) is 10.1. The number of hydrogen-bond acceptors (Lipinski definition) is 7. The van der Waals surface area contributed by atoms with Gasteiger partial charge in [0.1, 0.15) is 15.5 Å². The lowest BCUT2D eigenvalue weighted by Crippen LogP contribution is -2.37. The van der Waals surface area contributed by atoms with Gasteiger partial charge in [0.2, 0.25) is 0 Å². The Kier molecular flexibility index (Phi) is 5.65. The van der Waals surface area contributed by atoms with Gasteiger partial charge >= 0.3 is 5.97 Å². The van der Waals surface area contributed by atoms with E-state index in [0.717, 1.165) is 6.26 Å². The number of hydrogen-bond donors (Lipinski definition) is 1. The number of rotatable bonds is 6. The van der Waals surface area contributed by atoms with Crippen molar-refractivity contribution < 1.29 is 27.1 Å². The number of carbonyl (C=O) groups is 1. The molecule has 8 nitrogen and oxygen atoms in total. The zero-order valence-corrected chi connectivity index (χ0v) is 17.7. The molecule has 1 aromatic carbocycles. The van der Waals surface area contributed by atoms with Crippen LogP contribution in [0.15, 0.2) is 35.1 Å². The number of nitrogens with zero attached hydrogens (tertiary/aromatic N) is 3. The van der Waals surface area contributed by atoms with Gasteiger partial charge in [-0.25, -0.2) is 17.8 Å². The van der Waals surface area contributed by atoms with Crippen molar-refractivity contribution in [3.63, 3.8) is 0 Å². The number of piperidine rings is 1. The van der Waals surface area contributed by atoms with Crippen molar-refractivity contribution in [3.8, 4) is 11.3 Å². The van der Waals surface area contributed by atoms with Crippen molar-refractivity contribution in [2.75, 3.05) is 30.0 Å². The van der Waals surface area contributed by atoms with Crippen molar-refractivity contribution in [1.29, 1.82) is 0 Å². The first-order chi connectivity index (χ1) is 14.7. The molecule has 1 aliphatic rings. The number of fused-ring (bicyclic) bond motifs is 1. The third kappa shape index (κ3) is 4.68. The molecule has 0 saturated carbocycles. The average molecular weight is 447 g/mol. The van der Waals surface area contributed by atoms with Crippen LogP contribution in [0.3, 0.4) is 0 Å². The Morgan fingerprint density at radius 3 is 2.74 bits per heavy atom. The van der Waals surface area contributed by atoms with Crippen LogP contribution >= 0.6 is 0 Å². The van der Waals surface area contributed by atoms with Gasteiger partial charge < -0.3 is 14.4 Å². The van der Waals surface area contributed by atoms with Crippen molar-refractivity contribution in [2.24, 2.45) is 5.92 Å². The molecular formula is C21H22FN3O5S. The van der Waals surface area contributed by atoms with Gasteiger partial charge in [-0.05, 0) is 31.0 Å². The fourth-order valence-corrected chi connectivity index (χ4v) is 4.34. The van der Waals surface area contributed by atoms with Crippen LogP contribution in [0.1, 0.15) is 18.5 Å². The first-order valence-corrected chi connectivity index (χ1v) is 12.0. The third-order valence-corrected chi connectivity index (χ3v) is 6.40. The van der Waals surface area contributed by atoms with Crippen LogP contribution in [0.4, 0.5) is 10.2 Å². The standard InChI is InChI=1S/C21H22FN3O5S/c1-31(28,29)9-5-16-12-23-18(15-10-14-4-8-30-19(14)17(22)11-15)20(24-16)25-6-2-13(3-7-25)21(26)27/h4,8,10-13H,2-3,5-7,9H2,1H3,(H,26,27). The lowest BCUT2D eigenvalue weighted by Gasteiger charge is -2.32. The van der Waals surface area contributed by atoms with E-state index in [1.807, 2.05) is 4.90 Å². The summed E-state index contributed by atoms with van der Waals surface area (Å²) in [4.78, 5) is 22.4. The van der Waals surface area contributed by atoms with Gasteiger partial charge in [0.05, 0.1) is 23.6 Å². The van der Waals surface area contributed by atoms with E-state index in [-0.39, 0.29) is 17.8 Å². The molecule has 0 unspecified atom stereocenters. The number of benzene rings is 1. The first-order valence-electron chi connectivity index (χ1n) is 9.90. The largest absolute Gasteiger partial charge is 0.481 e. The quantitative estimate of drug-likeness (QED) is 0.614. The summed E-state index contributed by atoms with van der Waals surface area (Å²) in [7, 11) is -3.17. The number of anilines is 1. The third-order valence-electron chi connectivity index (χ3n) is 5.46. The highest BCUT2D eigenvalue weighted by atomic mass is 32.2. The molecule has 3 heterocycles. The Balaban J connectivity index is 1.73. The molecule has 31 heavy (non-hydrogen) atoms. The minimum absolute atomic E-state index is 0.0584. The molecule has 0 radical (unpaired) electrons. The summed E-state index contributed by atoms with van der Waals surface area (Å²) in [6, 6.07) is 4.75. The van der Waals surface area contributed by atoms with Crippen LogP contribution in [-0.4, -0.2) is 54.6 Å². The Morgan fingerprint density at radius 2 is 2.06 bits per heavy atom. The van der Waals surface area contributed by atoms with E-state index in [0.29, 0.717) is 54.1 Å². The molecular weight excluding hydrogens is 425 g/mol. The van der Waals surface area contributed by atoms with Crippen molar-refractivity contribution in [3.05, 3.63) is 42.2 Å². The lowest BCUT2D eigenvalue weighted by molar-refractivity contribution is -0.142. The highest BCUT2D eigenvalue weighted by Crippen LogP contribution is 2.33. The maximum absolute atomic E-state index is 14.5. The summed E-state index contributed by atoms with van der Waals surface area (Å²) in [5, 5.41) is 9.87. The molecule has 0 amide bonds. The van der Waals surface area contributed by atoms with Crippen LogP contribution < -0.4 is 4.90 Å². The van der Waals surface area contributed by atoms with E-state index in [2.05, 4.69) is 9.97 Å². The minimum Gasteiger partial charge on any atom is -0.481 e. The number of aliphatic carboxylic acids is 1. The summed E-state index contributed by atoms with van der Waals surface area (Å²) in [5.74, 6) is -1.31. The fourth-order valence-electron chi connectivity index (χ4n) is 3.76. The highest BCUT2D eigenvalue weighted by Gasteiger charge is 2.27. The number of carboxylic acid groups (broad SMARTS) is 1. The van der Waals surface area contributed by atoms with E-state index in [1.165, 1.54) is 18.5 Å². The monoisotopic (exact) mass is 447 g/mol. The smallest absolute Gasteiger partial charge is 0.306 e. The Morgan fingerprint density at radius 1 is 1.32 bits per heavy atom. The molecule has 0 atom stereocenters. The normalized spacial score (nSPS) is 15.5. The molecule has 0 bridgehead atoms. The fraction of sp³-hybridized carbons (Fsp3) is 0.381. The van der Waals surface area contributed by atoms with E-state index >= 15 is 0 Å². The summed E-state index contributed by atoms with van der Waals surface area (Å²) in [6.45, 7) is 0.926. The highest BCUT2D eigenvalue weighted by molar-refractivity contribution is 7.90. The van der Waals surface area contributed by atoms with E-state index in [4.69, 9.17) is 4.42 Å². The van der Waals surface area contributed by atoms with E-state index in [9.17, 15) is 22.7 Å². The number of halogens is 1. The van der Waals surface area contributed by atoms with Crippen molar-refractivity contribution in [2.45, 2.75) is 19.3 Å². The first kappa shape index (κ1) is 21.2. The summed E-state index contributed by atoms with van der Waals surface area (Å²) >= 11 is 0. The zero-order chi connectivity index (χ0) is 22.2. The van der Waals surface area contributed by atoms with Gasteiger partial charge in [-0.1, -0.05) is 0 Å². The van der Waals surface area contributed by atoms with Crippen molar-refractivity contribution >= 4 is 32.6 Å². The topological polar surface area (TPSA) is 114 Å². The van der Waals surface area contributed by atoms with E-state index < -0.39 is 27.5 Å². The van der Waals surface area contributed by atoms with Crippen LogP contribution in [0.25, 0.3) is 22.2 Å². The van der Waals surface area contributed by atoms with Gasteiger partial charge in [0, 0.05) is 42.9 Å². The lowest BCUT2D eigenvalue weighted by atomic mass is 9.96. The predicted octanol–water partition coefficient (Wildman–Crippen LogP) is 2.92. The molecule has 1 N–H and O–H groups in total. The summed E-state index contributed by atoms with van der Waals surface area (Å²) < 4.78 is 42.8. The molecule has 1 fully saturated rings. The molecule has 164 valence electrons. The van der Waals surface area contributed by atoms with Crippen LogP contribution in [0, 0.1) is 11.7 Å². The number of carboxylic acids is 1. The number of aromatic nitrogens is 2. The SMILES string of the molecule is CS(=O)(=O)CCc1cnc(-c2cc(F)c3occc3c2)c(N2CCC(C(=O)O)CC2)n1. The Hall–Kier alpha value is -3.01. The number of furan rings is 1. The van der Waals surface area contributed by atoms with Crippen LogP contribution in [0.5, 0.6) is 0 Å². The molecule has 1 saturated heterocycles. The van der Waals surface area contributed by atoms with Gasteiger partial charge in [0.15, 0.2) is 17.2 Å². The zero-order valence-electron chi connectivity index (χ0n) is 16.9. The van der Waals surface area contributed by atoms with E-state index in [1.54, 1.807) is 12.1 Å². The number of sulfone groups is 1. The Bertz CT molecular complexity index is 1230. The second kappa shape index (κ2) is 8.26.